The van der Waals surface area contributed by atoms with Crippen LogP contribution in [0.25, 0.3) is 0 Å². The molecule has 5 nitrogen and oxygen atoms in total. The van der Waals surface area contributed by atoms with Crippen LogP contribution in [-0.4, -0.2) is 16.8 Å². The largest absolute Gasteiger partial charge is 0.347 e. The van der Waals surface area contributed by atoms with E-state index in [4.69, 9.17) is 0 Å². The monoisotopic (exact) mass is 369 g/mol. The Morgan fingerprint density at radius 3 is 2.58 bits per heavy atom. The molecule has 7 heteroatoms. The van der Waals surface area contributed by atoms with Crippen LogP contribution < -0.4 is 10.6 Å². The van der Waals surface area contributed by atoms with E-state index in [1.165, 1.54) is 12.1 Å². The Kier molecular flexibility index (Phi) is 5.38. The van der Waals surface area contributed by atoms with Crippen molar-refractivity contribution in [3.05, 3.63) is 82.1 Å². The minimum atomic E-state index is -0.350. The van der Waals surface area contributed by atoms with Gasteiger partial charge in [-0.15, -0.1) is 0 Å². The normalized spacial score (nSPS) is 10.4. The van der Waals surface area contributed by atoms with E-state index in [1.807, 2.05) is 6.07 Å². The van der Waals surface area contributed by atoms with Crippen molar-refractivity contribution in [1.29, 1.82) is 0 Å². The molecule has 0 aliphatic rings. The fraction of sp³-hybridized carbons (Fsp3) is 0.105. The number of halogens is 1. The number of carbonyl (C=O) groups is 2. The molecular formula is C19H16FN3O2S. The summed E-state index contributed by atoms with van der Waals surface area (Å²) >= 11 is 1.10. The number of nitrogens with one attached hydrogen (secondary N) is 2. The lowest BCUT2D eigenvalue weighted by Crippen LogP contribution is -2.22. The zero-order chi connectivity index (χ0) is 18.5. The molecule has 3 aromatic rings. The molecule has 26 heavy (non-hydrogen) atoms. The van der Waals surface area contributed by atoms with Crippen molar-refractivity contribution in [3.8, 4) is 0 Å². The molecule has 0 saturated heterocycles. The van der Waals surface area contributed by atoms with Gasteiger partial charge in [0.15, 0.2) is 5.13 Å². The number of nitrogens with zero attached hydrogens (tertiary/aromatic N) is 1. The van der Waals surface area contributed by atoms with Crippen LogP contribution in [0.5, 0.6) is 0 Å². The summed E-state index contributed by atoms with van der Waals surface area (Å²) in [7, 11) is 0. The summed E-state index contributed by atoms with van der Waals surface area (Å²) in [5, 5.41) is 5.78. The van der Waals surface area contributed by atoms with Gasteiger partial charge >= 0.3 is 0 Å². The lowest BCUT2D eigenvalue weighted by atomic mass is 10.2. The maximum Gasteiger partial charge on any atom is 0.263 e. The summed E-state index contributed by atoms with van der Waals surface area (Å²) < 4.78 is 13.2. The number of benzene rings is 2. The molecule has 2 N–H and O–H groups in total. The summed E-state index contributed by atoms with van der Waals surface area (Å²) in [6, 6.07) is 14.8. The highest BCUT2D eigenvalue weighted by atomic mass is 32.1. The number of aryl methyl sites for hydroxylation is 1. The highest BCUT2D eigenvalue weighted by molar-refractivity contribution is 7.17. The van der Waals surface area contributed by atoms with E-state index < -0.39 is 0 Å². The molecule has 0 aliphatic heterocycles. The van der Waals surface area contributed by atoms with E-state index in [0.717, 1.165) is 11.3 Å². The second-order valence-corrected chi connectivity index (χ2v) is 6.57. The minimum absolute atomic E-state index is 0.208. The highest BCUT2D eigenvalue weighted by Crippen LogP contribution is 2.23. The van der Waals surface area contributed by atoms with Gasteiger partial charge in [-0.1, -0.05) is 41.7 Å². The first-order valence-electron chi connectivity index (χ1n) is 7.89. The Bertz CT molecular complexity index is 941. The SMILES string of the molecule is Cc1nc(NC(=O)c2ccccc2)sc1C(=O)NCc1cccc(F)c1. The van der Waals surface area contributed by atoms with Crippen LogP contribution in [0.15, 0.2) is 54.6 Å². The molecule has 0 saturated carbocycles. The average molecular weight is 369 g/mol. The second kappa shape index (κ2) is 7.88. The molecular weight excluding hydrogens is 353 g/mol. The second-order valence-electron chi connectivity index (χ2n) is 5.57. The molecule has 2 aromatic carbocycles. The first kappa shape index (κ1) is 17.8. The van der Waals surface area contributed by atoms with Crippen molar-refractivity contribution >= 4 is 28.3 Å². The van der Waals surface area contributed by atoms with Crippen LogP contribution in [0.3, 0.4) is 0 Å². The Morgan fingerprint density at radius 1 is 1.08 bits per heavy atom. The topological polar surface area (TPSA) is 71.1 Å². The summed E-state index contributed by atoms with van der Waals surface area (Å²) in [4.78, 5) is 29.2. The molecule has 0 fully saturated rings. The van der Waals surface area contributed by atoms with Gasteiger partial charge in [0, 0.05) is 12.1 Å². The number of hydrogen-bond acceptors (Lipinski definition) is 4. The molecule has 0 aliphatic carbocycles. The number of carbonyl (C=O) groups excluding carboxylic acids is 2. The Morgan fingerprint density at radius 2 is 1.85 bits per heavy atom. The summed E-state index contributed by atoms with van der Waals surface area (Å²) in [5.41, 5.74) is 1.70. The fourth-order valence-electron chi connectivity index (χ4n) is 2.33. The number of aromatic nitrogens is 1. The summed E-state index contributed by atoms with van der Waals surface area (Å²) in [5.74, 6) is -0.952. The van der Waals surface area contributed by atoms with Crippen LogP contribution in [-0.2, 0) is 6.54 Å². The molecule has 1 heterocycles. The van der Waals surface area contributed by atoms with Crippen LogP contribution >= 0.6 is 11.3 Å². The lowest BCUT2D eigenvalue weighted by Gasteiger charge is -2.04. The fourth-order valence-corrected chi connectivity index (χ4v) is 3.21. The van der Waals surface area contributed by atoms with E-state index in [-0.39, 0.29) is 24.2 Å². The number of anilines is 1. The Hall–Kier alpha value is -3.06. The van der Waals surface area contributed by atoms with Crippen LogP contribution in [0.2, 0.25) is 0 Å². The maximum atomic E-state index is 13.2. The number of amides is 2. The predicted octanol–water partition coefficient (Wildman–Crippen LogP) is 3.77. The van der Waals surface area contributed by atoms with Crippen LogP contribution in [0.4, 0.5) is 9.52 Å². The molecule has 2 amide bonds. The zero-order valence-corrected chi connectivity index (χ0v) is 14.8. The molecule has 0 atom stereocenters. The molecule has 0 bridgehead atoms. The van der Waals surface area contributed by atoms with E-state index in [9.17, 15) is 14.0 Å². The van der Waals surface area contributed by atoms with Crippen molar-refractivity contribution in [2.75, 3.05) is 5.32 Å². The standard InChI is InChI=1S/C19H16FN3O2S/c1-12-16(18(25)21-11-13-6-5-9-15(20)10-13)26-19(22-12)23-17(24)14-7-3-2-4-8-14/h2-10H,11H2,1H3,(H,21,25)(H,22,23,24). The first-order chi connectivity index (χ1) is 12.5. The number of rotatable bonds is 5. The van der Waals surface area contributed by atoms with Gasteiger partial charge in [0.05, 0.1) is 5.69 Å². The zero-order valence-electron chi connectivity index (χ0n) is 14.0. The number of thiazole rings is 1. The van der Waals surface area contributed by atoms with Crippen molar-refractivity contribution in [2.24, 2.45) is 0 Å². The minimum Gasteiger partial charge on any atom is -0.347 e. The maximum absolute atomic E-state index is 13.2. The smallest absolute Gasteiger partial charge is 0.263 e. The molecule has 0 unspecified atom stereocenters. The quantitative estimate of drug-likeness (QED) is 0.719. The molecule has 0 spiro atoms. The molecule has 0 radical (unpaired) electrons. The highest BCUT2D eigenvalue weighted by Gasteiger charge is 2.17. The van der Waals surface area contributed by atoms with E-state index in [0.29, 0.717) is 26.8 Å². The number of hydrogen-bond donors (Lipinski definition) is 2. The predicted molar refractivity (Wildman–Crippen MR) is 98.8 cm³/mol. The van der Waals surface area contributed by atoms with E-state index in [1.54, 1.807) is 43.3 Å². The summed E-state index contributed by atoms with van der Waals surface area (Å²) in [6.07, 6.45) is 0. The Labute approximate surface area is 153 Å². The van der Waals surface area contributed by atoms with Gasteiger partial charge in [0.25, 0.3) is 11.8 Å². The van der Waals surface area contributed by atoms with Gasteiger partial charge in [-0.3, -0.25) is 14.9 Å². The molecule has 1 aromatic heterocycles. The van der Waals surface area contributed by atoms with Gasteiger partial charge in [-0.2, -0.15) is 0 Å². The van der Waals surface area contributed by atoms with Crippen molar-refractivity contribution in [1.82, 2.24) is 10.3 Å². The molecule has 132 valence electrons. The third kappa shape index (κ3) is 4.31. The Balaban J connectivity index is 1.65. The van der Waals surface area contributed by atoms with Crippen molar-refractivity contribution in [3.63, 3.8) is 0 Å². The summed E-state index contributed by atoms with van der Waals surface area (Å²) in [6.45, 7) is 1.91. The van der Waals surface area contributed by atoms with Gasteiger partial charge in [-0.05, 0) is 36.8 Å². The van der Waals surface area contributed by atoms with Gasteiger partial charge in [0.1, 0.15) is 10.7 Å². The van der Waals surface area contributed by atoms with Gasteiger partial charge < -0.3 is 5.32 Å². The third-order valence-electron chi connectivity index (χ3n) is 3.60. The molecule has 3 rings (SSSR count). The van der Waals surface area contributed by atoms with E-state index >= 15 is 0 Å². The van der Waals surface area contributed by atoms with Gasteiger partial charge in [0.2, 0.25) is 0 Å². The van der Waals surface area contributed by atoms with E-state index in [2.05, 4.69) is 15.6 Å². The van der Waals surface area contributed by atoms with Crippen LogP contribution in [0, 0.1) is 12.7 Å². The lowest BCUT2D eigenvalue weighted by molar-refractivity contribution is 0.0953. The average Bonchev–Trinajstić information content (AvgIpc) is 3.00. The van der Waals surface area contributed by atoms with Crippen molar-refractivity contribution < 1.29 is 14.0 Å². The van der Waals surface area contributed by atoms with Gasteiger partial charge in [-0.25, -0.2) is 9.37 Å². The van der Waals surface area contributed by atoms with Crippen LogP contribution in [0.1, 0.15) is 31.3 Å². The van der Waals surface area contributed by atoms with Crippen molar-refractivity contribution in [2.45, 2.75) is 13.5 Å². The third-order valence-corrected chi connectivity index (χ3v) is 4.67. The first-order valence-corrected chi connectivity index (χ1v) is 8.71.